The van der Waals surface area contributed by atoms with Gasteiger partial charge in [0.1, 0.15) is 18.4 Å². The van der Waals surface area contributed by atoms with Gasteiger partial charge in [0.2, 0.25) is 21.7 Å². The molecule has 2 heterocycles. The molecule has 2 amide bonds. The van der Waals surface area contributed by atoms with Gasteiger partial charge < -0.3 is 15.0 Å². The molecule has 4 aromatic rings. The largest absolute Gasteiger partial charge is 0.488 e. The lowest BCUT2D eigenvalue weighted by atomic mass is 9.85. The molecule has 6 rings (SSSR count). The molecule has 0 spiro atoms. The maximum absolute atomic E-state index is 14.7. The number of benzene rings is 3. The lowest BCUT2D eigenvalue weighted by Crippen LogP contribution is -2.59. The molecule has 1 aliphatic heterocycles. The average molecular weight is 743 g/mol. The third-order valence-corrected chi connectivity index (χ3v) is 11.4. The molecule has 0 unspecified atom stereocenters. The molecule has 274 valence electrons. The smallest absolute Gasteiger partial charge is 0.254 e. The quantitative estimate of drug-likeness (QED) is 0.103. The summed E-state index contributed by atoms with van der Waals surface area (Å²) in [5.74, 6) is -13.3. The summed E-state index contributed by atoms with van der Waals surface area (Å²) in [5.41, 5.74) is 2.56. The molecule has 1 aliphatic carbocycles. The third kappa shape index (κ3) is 7.24. The molecular weight excluding hydrogens is 707 g/mol. The lowest BCUT2D eigenvalue weighted by molar-refractivity contribution is -0.125. The van der Waals surface area contributed by atoms with Crippen LogP contribution >= 0.6 is 0 Å². The van der Waals surface area contributed by atoms with Crippen molar-refractivity contribution in [1.29, 1.82) is 0 Å². The summed E-state index contributed by atoms with van der Waals surface area (Å²) < 4.78 is 105. The molecule has 0 radical (unpaired) electrons. The first-order chi connectivity index (χ1) is 24.9. The van der Waals surface area contributed by atoms with Gasteiger partial charge in [-0.15, -0.1) is 0 Å². The Bertz CT molecular complexity index is 2050. The predicted molar refractivity (Wildman–Crippen MR) is 180 cm³/mol. The van der Waals surface area contributed by atoms with E-state index in [0.717, 1.165) is 36.8 Å². The second-order valence-corrected chi connectivity index (χ2v) is 14.5. The number of carbonyl (C=O) groups excluding carboxylic acids is 2. The predicted octanol–water partition coefficient (Wildman–Crippen LogP) is 6.76. The summed E-state index contributed by atoms with van der Waals surface area (Å²) in [6.07, 6.45) is 7.08. The van der Waals surface area contributed by atoms with Gasteiger partial charge in [-0.2, -0.15) is 4.31 Å². The first kappa shape index (κ1) is 36.9. The van der Waals surface area contributed by atoms with Gasteiger partial charge in [-0.05, 0) is 54.5 Å². The van der Waals surface area contributed by atoms with Crippen molar-refractivity contribution in [3.05, 3.63) is 118 Å². The highest BCUT2D eigenvalue weighted by molar-refractivity contribution is 7.89. The molecule has 0 bridgehead atoms. The van der Waals surface area contributed by atoms with Crippen LogP contribution in [-0.2, 0) is 28.0 Å². The van der Waals surface area contributed by atoms with Crippen LogP contribution < -0.4 is 15.0 Å². The zero-order valence-corrected chi connectivity index (χ0v) is 28.9. The zero-order chi connectivity index (χ0) is 37.2. The van der Waals surface area contributed by atoms with Gasteiger partial charge in [-0.3, -0.25) is 14.6 Å². The van der Waals surface area contributed by atoms with Crippen molar-refractivity contribution in [2.75, 3.05) is 18.5 Å². The van der Waals surface area contributed by atoms with Gasteiger partial charge in [-0.1, -0.05) is 55.7 Å². The number of hydrogen-bond acceptors (Lipinski definition) is 6. The number of nitrogens with one attached hydrogen (secondary N) is 1. The molecule has 1 saturated heterocycles. The number of carbonyl (C=O) groups is 2. The summed E-state index contributed by atoms with van der Waals surface area (Å²) >= 11 is 0. The summed E-state index contributed by atoms with van der Waals surface area (Å²) in [6.45, 7) is -0.571. The summed E-state index contributed by atoms with van der Waals surface area (Å²) in [4.78, 5) is 30.9. The second-order valence-electron chi connectivity index (χ2n) is 12.7. The fourth-order valence-electron chi connectivity index (χ4n) is 6.53. The topological polar surface area (TPSA) is 109 Å². The Labute approximate surface area is 297 Å². The number of anilines is 1. The summed E-state index contributed by atoms with van der Waals surface area (Å²) in [7, 11) is -3.96. The number of pyridine rings is 1. The van der Waals surface area contributed by atoms with E-state index in [1.165, 1.54) is 36.6 Å². The molecule has 52 heavy (non-hydrogen) atoms. The van der Waals surface area contributed by atoms with Crippen molar-refractivity contribution in [1.82, 2.24) is 14.6 Å². The highest BCUT2D eigenvalue weighted by atomic mass is 32.2. The van der Waals surface area contributed by atoms with Crippen LogP contribution in [0, 0.1) is 29.1 Å². The normalized spacial score (nSPS) is 16.6. The first-order valence-corrected chi connectivity index (χ1v) is 18.2. The average Bonchev–Trinajstić information content (AvgIpc) is 3.14. The van der Waals surface area contributed by atoms with Crippen LogP contribution in [0.3, 0.4) is 0 Å². The maximum atomic E-state index is 14.7. The van der Waals surface area contributed by atoms with E-state index in [1.54, 1.807) is 12.3 Å². The molecule has 1 aromatic heterocycles. The van der Waals surface area contributed by atoms with Gasteiger partial charge in [0.15, 0.2) is 28.2 Å². The van der Waals surface area contributed by atoms with E-state index in [1.807, 2.05) is 36.4 Å². The van der Waals surface area contributed by atoms with Crippen molar-refractivity contribution < 1.29 is 44.7 Å². The van der Waals surface area contributed by atoms with Crippen molar-refractivity contribution >= 4 is 27.5 Å². The number of halogens is 5. The van der Waals surface area contributed by atoms with E-state index in [4.69, 9.17) is 4.74 Å². The molecule has 1 atom stereocenters. The highest BCUT2D eigenvalue weighted by Gasteiger charge is 2.48. The summed E-state index contributed by atoms with van der Waals surface area (Å²) in [6, 6.07) is 15.5. The number of nitrogens with zero attached hydrogens (tertiary/aromatic N) is 3. The van der Waals surface area contributed by atoms with Crippen LogP contribution in [0.5, 0.6) is 5.75 Å². The number of aromatic nitrogens is 1. The fourth-order valence-corrected chi connectivity index (χ4v) is 8.27. The van der Waals surface area contributed by atoms with Crippen LogP contribution in [-0.4, -0.2) is 49.2 Å². The fraction of sp³-hybridized carbons (Fsp3) is 0.324. The minimum Gasteiger partial charge on any atom is -0.488 e. The minimum absolute atomic E-state index is 0.0585. The molecule has 9 nitrogen and oxygen atoms in total. The van der Waals surface area contributed by atoms with Gasteiger partial charge >= 0.3 is 0 Å². The molecular formula is C37H35F5N4O5S. The molecule has 1 saturated carbocycles. The number of sulfonamides is 1. The Morgan fingerprint density at radius 1 is 0.885 bits per heavy atom. The van der Waals surface area contributed by atoms with Gasteiger partial charge in [0.25, 0.3) is 5.91 Å². The lowest BCUT2D eigenvalue weighted by Gasteiger charge is -2.41. The van der Waals surface area contributed by atoms with Crippen LogP contribution in [0.2, 0.25) is 0 Å². The number of ether oxygens (including phenoxy) is 1. The van der Waals surface area contributed by atoms with E-state index in [-0.39, 0.29) is 36.6 Å². The summed E-state index contributed by atoms with van der Waals surface area (Å²) in [5, 5.41) is 2.54. The van der Waals surface area contributed by atoms with E-state index < -0.39 is 68.4 Å². The van der Waals surface area contributed by atoms with Crippen LogP contribution in [0.4, 0.5) is 27.6 Å². The zero-order valence-electron chi connectivity index (χ0n) is 28.1. The molecule has 2 fully saturated rings. The van der Waals surface area contributed by atoms with E-state index in [9.17, 15) is 40.0 Å². The highest BCUT2D eigenvalue weighted by Crippen LogP contribution is 2.37. The Kier molecular flexibility index (Phi) is 10.9. The molecule has 3 aromatic carbocycles. The van der Waals surface area contributed by atoms with Crippen molar-refractivity contribution in [3.8, 4) is 5.75 Å². The Balaban J connectivity index is 1.37. The van der Waals surface area contributed by atoms with Crippen LogP contribution in [0.25, 0.3) is 0 Å². The van der Waals surface area contributed by atoms with E-state index in [0.29, 0.717) is 15.9 Å². The Hall–Kier alpha value is -4.89. The van der Waals surface area contributed by atoms with Crippen molar-refractivity contribution in [2.45, 2.75) is 68.5 Å². The van der Waals surface area contributed by atoms with E-state index in [2.05, 4.69) is 10.3 Å². The van der Waals surface area contributed by atoms with Crippen LogP contribution in [0.15, 0.2) is 71.8 Å². The second kappa shape index (κ2) is 15.4. The van der Waals surface area contributed by atoms with Gasteiger partial charge in [0.05, 0.1) is 17.8 Å². The monoisotopic (exact) mass is 742 g/mol. The van der Waals surface area contributed by atoms with Crippen molar-refractivity contribution in [3.63, 3.8) is 0 Å². The van der Waals surface area contributed by atoms with Crippen molar-refractivity contribution in [2.24, 2.45) is 0 Å². The Morgan fingerprint density at radius 3 is 2.15 bits per heavy atom. The number of hydrogen-bond donors (Lipinski definition) is 1. The Morgan fingerprint density at radius 2 is 1.56 bits per heavy atom. The maximum Gasteiger partial charge on any atom is 0.254 e. The van der Waals surface area contributed by atoms with Gasteiger partial charge in [0, 0.05) is 31.5 Å². The molecule has 15 heteroatoms. The SMILES string of the molecule is CNC(=O)c1ccc(N(Cc2ccc(C3CCCCC3)cn2)C(=O)[C@H]2CCN2S(=O)(=O)c2c(F)c(F)c(F)c(F)c2F)cc1OCc1ccccc1. The number of rotatable bonds is 11. The van der Waals surface area contributed by atoms with E-state index >= 15 is 0 Å². The van der Waals surface area contributed by atoms with Crippen LogP contribution in [0.1, 0.15) is 71.6 Å². The van der Waals surface area contributed by atoms with Gasteiger partial charge in [-0.25, -0.2) is 30.4 Å². The third-order valence-electron chi connectivity index (χ3n) is 9.49. The number of amides is 2. The molecule has 2 aliphatic rings. The molecule has 1 N–H and O–H groups in total. The minimum atomic E-state index is -5.40. The standard InChI is InChI=1S/C37H35F5N4O5S/c1-43-36(47)27-15-14-26(18-29(27)51-21-22-8-4-2-5-9-22)45(20-25-13-12-24(19-44-25)23-10-6-3-7-11-23)37(48)28-16-17-46(28)52(49,50)35-33(41)31(39)30(38)32(40)34(35)42/h2,4-5,8-9,12-15,18-19,23,28H,3,6-7,10-11,16-17,20-21H2,1H3,(H,43,47)/t28-/m1/s1. The first-order valence-electron chi connectivity index (χ1n) is 16.7.